The zero-order valence-corrected chi connectivity index (χ0v) is 16.3. The number of aryl methyl sites for hydroxylation is 1. The van der Waals surface area contributed by atoms with Gasteiger partial charge in [0.2, 0.25) is 5.91 Å². The van der Waals surface area contributed by atoms with Gasteiger partial charge in [0.05, 0.1) is 6.54 Å². The highest BCUT2D eigenvalue weighted by Crippen LogP contribution is 2.27. The average Bonchev–Trinajstić information content (AvgIpc) is 2.84. The Balaban J connectivity index is 1.82. The summed E-state index contributed by atoms with van der Waals surface area (Å²) in [6.07, 6.45) is 2.71. The Labute approximate surface area is 160 Å². The molecule has 2 rings (SSSR count). The van der Waals surface area contributed by atoms with Gasteiger partial charge in [0.25, 0.3) is 5.91 Å². The lowest BCUT2D eigenvalue weighted by Crippen LogP contribution is -2.47. The maximum atomic E-state index is 12.7. The minimum Gasteiger partial charge on any atom is -0.492 e. The number of ether oxygens (including phenoxy) is 1. The molecule has 7 nitrogen and oxygen atoms in total. The van der Waals surface area contributed by atoms with Gasteiger partial charge in [-0.2, -0.15) is 0 Å². The van der Waals surface area contributed by atoms with E-state index in [1.807, 2.05) is 45.0 Å². The van der Waals surface area contributed by atoms with E-state index in [0.29, 0.717) is 26.0 Å². The Bertz CT molecular complexity index is 684. The quantitative estimate of drug-likeness (QED) is 0.485. The van der Waals surface area contributed by atoms with E-state index in [9.17, 15) is 14.4 Å². The van der Waals surface area contributed by atoms with Crippen LogP contribution in [0.4, 0.5) is 4.79 Å². The fraction of sp³-hybridized carbons (Fsp3) is 0.550. The first-order valence-corrected chi connectivity index (χ1v) is 9.52. The fourth-order valence-corrected chi connectivity index (χ4v) is 3.40. The lowest BCUT2D eigenvalue weighted by molar-refractivity contribution is -0.135. The summed E-state index contributed by atoms with van der Waals surface area (Å²) in [6, 6.07) is 7.15. The summed E-state index contributed by atoms with van der Waals surface area (Å²) in [5.41, 5.74) is 0.229. The molecule has 2 N–H and O–H groups in total. The highest BCUT2D eigenvalue weighted by atomic mass is 16.5. The van der Waals surface area contributed by atoms with Gasteiger partial charge in [-0.15, -0.1) is 0 Å². The maximum absolute atomic E-state index is 12.7. The van der Waals surface area contributed by atoms with E-state index < -0.39 is 11.6 Å². The summed E-state index contributed by atoms with van der Waals surface area (Å²) in [5, 5.41) is 5.49. The van der Waals surface area contributed by atoms with Crippen LogP contribution in [0.25, 0.3) is 0 Å². The minimum absolute atomic E-state index is 0.274. The first-order valence-electron chi connectivity index (χ1n) is 9.52. The molecule has 4 amide bonds. The van der Waals surface area contributed by atoms with Crippen LogP contribution >= 0.6 is 0 Å². The van der Waals surface area contributed by atoms with Crippen molar-refractivity contribution in [3.8, 4) is 5.75 Å². The Kier molecular flexibility index (Phi) is 7.21. The monoisotopic (exact) mass is 375 g/mol. The summed E-state index contributed by atoms with van der Waals surface area (Å²) < 4.78 is 5.57. The molecule has 0 bridgehead atoms. The second-order valence-electron chi connectivity index (χ2n) is 6.92. The van der Waals surface area contributed by atoms with Gasteiger partial charge in [-0.3, -0.25) is 14.5 Å². The van der Waals surface area contributed by atoms with Crippen molar-refractivity contribution in [2.45, 2.75) is 52.0 Å². The third-order valence-corrected chi connectivity index (χ3v) is 4.58. The van der Waals surface area contributed by atoms with Crippen LogP contribution in [0.5, 0.6) is 5.75 Å². The van der Waals surface area contributed by atoms with Crippen molar-refractivity contribution in [1.29, 1.82) is 0 Å². The van der Waals surface area contributed by atoms with Crippen molar-refractivity contribution in [2.24, 2.45) is 0 Å². The van der Waals surface area contributed by atoms with Crippen LogP contribution in [0.3, 0.4) is 0 Å². The van der Waals surface area contributed by atoms with Crippen LogP contribution in [0.15, 0.2) is 24.3 Å². The van der Waals surface area contributed by atoms with E-state index in [1.165, 1.54) is 0 Å². The zero-order valence-electron chi connectivity index (χ0n) is 16.3. The first kappa shape index (κ1) is 20.7. The van der Waals surface area contributed by atoms with Crippen molar-refractivity contribution in [3.63, 3.8) is 0 Å². The third kappa shape index (κ3) is 5.21. The molecular formula is C20H29N3O4. The van der Waals surface area contributed by atoms with E-state index in [-0.39, 0.29) is 18.4 Å². The fourth-order valence-electron chi connectivity index (χ4n) is 3.40. The van der Waals surface area contributed by atoms with Crippen molar-refractivity contribution < 1.29 is 19.1 Å². The smallest absolute Gasteiger partial charge is 0.325 e. The second kappa shape index (κ2) is 9.39. The molecule has 7 heteroatoms. The van der Waals surface area contributed by atoms with Gasteiger partial charge in [0.1, 0.15) is 24.4 Å². The van der Waals surface area contributed by atoms with E-state index in [4.69, 9.17) is 4.74 Å². The molecule has 1 aromatic rings. The molecule has 0 unspecified atom stereocenters. The minimum atomic E-state index is -0.866. The zero-order chi connectivity index (χ0) is 19.9. The number of carbonyl (C=O) groups is 3. The molecule has 1 aliphatic rings. The molecule has 0 saturated carbocycles. The van der Waals surface area contributed by atoms with Crippen molar-refractivity contribution in [3.05, 3.63) is 29.8 Å². The molecule has 0 aliphatic carbocycles. The molecule has 0 atom stereocenters. The van der Waals surface area contributed by atoms with Gasteiger partial charge in [-0.1, -0.05) is 38.8 Å². The maximum Gasteiger partial charge on any atom is 0.325 e. The molecule has 1 heterocycles. The van der Waals surface area contributed by atoms with Crippen LogP contribution < -0.4 is 15.4 Å². The normalized spacial score (nSPS) is 15.6. The van der Waals surface area contributed by atoms with E-state index in [1.54, 1.807) is 0 Å². The van der Waals surface area contributed by atoms with Gasteiger partial charge in [0, 0.05) is 0 Å². The van der Waals surface area contributed by atoms with Crippen LogP contribution in [-0.2, 0) is 9.59 Å². The van der Waals surface area contributed by atoms with Crippen LogP contribution in [0.1, 0.15) is 45.1 Å². The molecule has 0 spiro atoms. The number of urea groups is 1. The van der Waals surface area contributed by atoms with Crippen molar-refractivity contribution in [2.75, 3.05) is 19.7 Å². The van der Waals surface area contributed by atoms with Gasteiger partial charge < -0.3 is 15.4 Å². The topological polar surface area (TPSA) is 87.7 Å². The summed E-state index contributed by atoms with van der Waals surface area (Å²) in [5.74, 6) is 0.0553. The number of nitrogens with one attached hydrogen (secondary N) is 2. The summed E-state index contributed by atoms with van der Waals surface area (Å²) in [4.78, 5) is 38.1. The second-order valence-corrected chi connectivity index (χ2v) is 6.92. The lowest BCUT2D eigenvalue weighted by Gasteiger charge is -2.25. The highest BCUT2D eigenvalue weighted by Gasteiger charge is 2.50. The number of rotatable bonds is 10. The Morgan fingerprint density at radius 1 is 1.22 bits per heavy atom. The third-order valence-electron chi connectivity index (χ3n) is 4.58. The van der Waals surface area contributed by atoms with E-state index >= 15 is 0 Å². The number of nitrogens with zero attached hydrogens (tertiary/aromatic N) is 1. The predicted molar refractivity (Wildman–Crippen MR) is 102 cm³/mol. The number of hydrogen-bond donors (Lipinski definition) is 2. The molecule has 1 saturated heterocycles. The SMILES string of the molecule is CCCC1(CCC)NC(=O)N(CC(=O)NCCOc2cccc(C)c2)C1=O. The molecule has 0 aromatic heterocycles. The van der Waals surface area contributed by atoms with Gasteiger partial charge in [-0.05, 0) is 37.5 Å². The van der Waals surface area contributed by atoms with Crippen LogP contribution in [0.2, 0.25) is 0 Å². The summed E-state index contributed by atoms with van der Waals surface area (Å²) in [7, 11) is 0. The first-order chi connectivity index (χ1) is 12.9. The summed E-state index contributed by atoms with van der Waals surface area (Å²) in [6.45, 7) is 6.26. The molecule has 1 fully saturated rings. The largest absolute Gasteiger partial charge is 0.492 e. The Morgan fingerprint density at radius 2 is 1.93 bits per heavy atom. The predicted octanol–water partition coefficient (Wildman–Crippen LogP) is 2.38. The van der Waals surface area contributed by atoms with Crippen LogP contribution in [0, 0.1) is 6.92 Å². The number of hydrogen-bond acceptors (Lipinski definition) is 4. The number of amides is 4. The molecule has 148 valence electrons. The van der Waals surface area contributed by atoms with E-state index in [0.717, 1.165) is 29.1 Å². The Morgan fingerprint density at radius 3 is 2.56 bits per heavy atom. The van der Waals surface area contributed by atoms with Gasteiger partial charge >= 0.3 is 6.03 Å². The molecule has 1 aromatic carbocycles. The van der Waals surface area contributed by atoms with Crippen molar-refractivity contribution in [1.82, 2.24) is 15.5 Å². The van der Waals surface area contributed by atoms with Gasteiger partial charge in [-0.25, -0.2) is 4.79 Å². The number of carbonyl (C=O) groups excluding carboxylic acids is 3. The molecule has 27 heavy (non-hydrogen) atoms. The molecular weight excluding hydrogens is 346 g/mol. The Hall–Kier alpha value is -2.57. The van der Waals surface area contributed by atoms with Crippen LogP contribution in [-0.4, -0.2) is 48.0 Å². The summed E-state index contributed by atoms with van der Waals surface area (Å²) >= 11 is 0. The lowest BCUT2D eigenvalue weighted by atomic mass is 9.88. The molecule has 0 radical (unpaired) electrons. The highest BCUT2D eigenvalue weighted by molar-refractivity contribution is 6.09. The average molecular weight is 375 g/mol. The standard InChI is InChI=1S/C20H29N3O4/c1-4-9-20(10-5-2)18(25)23(19(26)22-20)14-17(24)21-11-12-27-16-8-6-7-15(3)13-16/h6-8,13H,4-5,9-12,14H2,1-3H3,(H,21,24)(H,22,26). The number of imide groups is 1. The number of benzene rings is 1. The van der Waals surface area contributed by atoms with Gasteiger partial charge in [0.15, 0.2) is 0 Å². The van der Waals surface area contributed by atoms with Crippen molar-refractivity contribution >= 4 is 17.8 Å². The molecule has 1 aliphatic heterocycles. The van der Waals surface area contributed by atoms with E-state index in [2.05, 4.69) is 10.6 Å².